The molecule has 6 unspecified atom stereocenters. The van der Waals surface area contributed by atoms with Crippen LogP contribution < -0.4 is 0 Å². The van der Waals surface area contributed by atoms with Gasteiger partial charge >= 0.3 is 0 Å². The number of aliphatic imine (C=N–C) groups is 7. The Balaban J connectivity index is 1.32. The molecule has 10 aliphatic rings. The fraction of sp³-hybridized carbons (Fsp3) is 0.250. The first-order valence-corrected chi connectivity index (χ1v) is 18.9. The Labute approximate surface area is 335 Å². The number of hydrogen-bond donors (Lipinski definition) is 2. The van der Waals surface area contributed by atoms with Gasteiger partial charge in [0.15, 0.2) is 47.1 Å². The van der Waals surface area contributed by atoms with E-state index in [0.29, 0.717) is 22.3 Å². The summed E-state index contributed by atoms with van der Waals surface area (Å²) in [7, 11) is 0. The fourth-order valence-electron chi connectivity index (χ4n) is 8.32. The molecule has 2 N–H and O–H groups in total. The molecule has 15 nitrogen and oxygen atoms in total. The third-order valence-corrected chi connectivity index (χ3v) is 11.4. The van der Waals surface area contributed by atoms with Crippen molar-refractivity contribution < 1.29 is 39.0 Å². The van der Waals surface area contributed by atoms with Gasteiger partial charge in [0, 0.05) is 50.8 Å². The van der Waals surface area contributed by atoms with Crippen molar-refractivity contribution in [1.82, 2.24) is 0 Å². The molecular weight excluding hydrogens is 755 g/mol. The Morgan fingerprint density at radius 2 is 1.31 bits per heavy atom. The molecule has 0 saturated carbocycles. The number of allylic oxidation sites excluding steroid dienone is 10. The Kier molecular flexibility index (Phi) is 8.47. The molecule has 0 fully saturated rings. The lowest BCUT2D eigenvalue weighted by Gasteiger charge is -2.29. The van der Waals surface area contributed by atoms with Crippen LogP contribution in [0.5, 0.6) is 0 Å². The number of ketones is 5. The Hall–Kier alpha value is -7.29. The van der Waals surface area contributed by atoms with Crippen LogP contribution in [0.2, 0.25) is 0 Å². The van der Waals surface area contributed by atoms with E-state index in [9.17, 15) is 39.0 Å². The van der Waals surface area contributed by atoms with Gasteiger partial charge in [-0.2, -0.15) is 0 Å². The summed E-state index contributed by atoms with van der Waals surface area (Å²) in [6.07, 6.45) is 14.6. The average molecular weight is 788 g/mol. The second-order valence-corrected chi connectivity index (χ2v) is 15.5. The molecule has 0 saturated heterocycles. The summed E-state index contributed by atoms with van der Waals surface area (Å²) in [4.78, 5) is 112. The molecule has 15 heteroatoms. The molecule has 10 bridgehead atoms. The lowest BCUT2D eigenvalue weighted by Crippen LogP contribution is -2.41. The quantitative estimate of drug-likeness (QED) is 0.224. The zero-order valence-electron chi connectivity index (χ0n) is 32.0. The van der Waals surface area contributed by atoms with Crippen molar-refractivity contribution in [3.8, 4) is 0 Å². The number of hydrogen-bond acceptors (Lipinski definition) is 15. The molecule has 292 valence electrons. The SMILES string of the molecule is C=C1C(O)=C(O)C(C)C2=C1C1=NC2=NC2=NC(=NC3=NC(=NC4=NC(=C1)C=C4C(/C=C\C(C)C)C(=O)C=O)C(C1C=CC(C)C(=O)C1=O)=C3)C1=C2C2C=CC1C(=O)C2=O. The standard InChI is InChI=1S/C44H33N7O8/c1-16(2)6-8-21(28(53)15-52)25-12-20-13-27-30-18(4)35(55)36(56)19(5)31(30)42(46-27)50-44-33-24-11-10-23(38(58)39(24)59)32(33)43(51-44)48-29-14-26(41(47-29)49-40(25)45-20)22-9-7-17(3)34(54)37(22)57/h6-17,19,21-24,55-56H,4H2,1-3,5H3/b8-6-,20-13?,27-13?,48-29?,48-43?,49-40?,49-41?,50-42?,50-44?. The summed E-state index contributed by atoms with van der Waals surface area (Å²) in [6, 6.07) is 0. The Bertz CT molecular complexity index is 2780. The van der Waals surface area contributed by atoms with Crippen LogP contribution >= 0.6 is 0 Å². The van der Waals surface area contributed by atoms with Gasteiger partial charge in [0.25, 0.3) is 0 Å². The van der Waals surface area contributed by atoms with Gasteiger partial charge in [0.2, 0.25) is 28.9 Å². The van der Waals surface area contributed by atoms with Crippen LogP contribution in [0, 0.1) is 41.4 Å². The van der Waals surface area contributed by atoms with Crippen LogP contribution in [0.4, 0.5) is 0 Å². The molecule has 0 aromatic carbocycles. The molecule has 0 radical (unpaired) electrons. The highest BCUT2D eigenvalue weighted by Gasteiger charge is 2.50. The van der Waals surface area contributed by atoms with Gasteiger partial charge < -0.3 is 10.2 Å². The van der Waals surface area contributed by atoms with Crippen LogP contribution in [0.3, 0.4) is 0 Å². The van der Waals surface area contributed by atoms with Crippen molar-refractivity contribution in [1.29, 1.82) is 0 Å². The average Bonchev–Trinajstić information content (AvgIpc) is 3.98. The molecule has 10 rings (SSSR count). The molecule has 5 aliphatic carbocycles. The molecule has 5 heterocycles. The van der Waals surface area contributed by atoms with E-state index in [2.05, 4.69) is 11.6 Å². The molecule has 0 spiro atoms. The van der Waals surface area contributed by atoms with Crippen molar-refractivity contribution in [2.24, 2.45) is 76.4 Å². The van der Waals surface area contributed by atoms with E-state index in [-0.39, 0.29) is 81.1 Å². The van der Waals surface area contributed by atoms with Gasteiger partial charge in [0.05, 0.1) is 35.1 Å². The predicted octanol–water partition coefficient (Wildman–Crippen LogP) is 4.26. The number of fused-ring (bicyclic) bond motifs is 7. The zero-order chi connectivity index (χ0) is 41.8. The van der Waals surface area contributed by atoms with Crippen LogP contribution in [-0.2, 0) is 28.8 Å². The van der Waals surface area contributed by atoms with Crippen molar-refractivity contribution in [2.45, 2.75) is 27.7 Å². The lowest BCUT2D eigenvalue weighted by atomic mass is 9.70. The van der Waals surface area contributed by atoms with Gasteiger partial charge in [-0.05, 0) is 24.1 Å². The monoisotopic (exact) mass is 787 g/mol. The Morgan fingerprint density at radius 3 is 1.97 bits per heavy atom. The number of aliphatic hydroxyl groups is 2. The van der Waals surface area contributed by atoms with Crippen LogP contribution in [0.25, 0.3) is 0 Å². The molecule has 0 aromatic rings. The van der Waals surface area contributed by atoms with Crippen molar-refractivity contribution in [2.75, 3.05) is 0 Å². The first-order valence-electron chi connectivity index (χ1n) is 18.9. The van der Waals surface area contributed by atoms with Crippen LogP contribution in [0.1, 0.15) is 27.7 Å². The van der Waals surface area contributed by atoms with Crippen molar-refractivity contribution in [3.05, 3.63) is 117 Å². The molecule has 5 aliphatic heterocycles. The molecular formula is C44H33N7O8. The number of carbonyl (C=O) groups is 6. The number of aliphatic hydroxyl groups excluding tert-OH is 2. The first-order chi connectivity index (χ1) is 28.2. The zero-order valence-corrected chi connectivity index (χ0v) is 32.0. The summed E-state index contributed by atoms with van der Waals surface area (Å²) in [5.74, 6) is -9.90. The van der Waals surface area contributed by atoms with Crippen molar-refractivity contribution in [3.63, 3.8) is 0 Å². The number of rotatable bonds is 6. The topological polar surface area (TPSA) is 229 Å². The second-order valence-electron chi connectivity index (χ2n) is 15.5. The van der Waals surface area contributed by atoms with E-state index >= 15 is 0 Å². The maximum atomic E-state index is 13.5. The third kappa shape index (κ3) is 5.67. The van der Waals surface area contributed by atoms with Gasteiger partial charge in [-0.25, -0.2) is 34.9 Å². The summed E-state index contributed by atoms with van der Waals surface area (Å²) in [5.41, 5.74) is 2.31. The number of Topliss-reactive ketones (excluding diaryl/α,β-unsaturated/α-hetero) is 5. The number of nitrogens with zero attached hydrogens (tertiary/aromatic N) is 7. The number of carbonyl (C=O) groups excluding carboxylic acids is 6. The fourth-order valence-corrected chi connectivity index (χ4v) is 8.32. The summed E-state index contributed by atoms with van der Waals surface area (Å²) >= 11 is 0. The Morgan fingerprint density at radius 1 is 0.695 bits per heavy atom. The summed E-state index contributed by atoms with van der Waals surface area (Å²) < 4.78 is 0. The normalized spacial score (nSPS) is 28.6. The highest BCUT2D eigenvalue weighted by molar-refractivity contribution is 6.48. The van der Waals surface area contributed by atoms with E-state index < -0.39 is 70.2 Å². The molecule has 0 aromatic heterocycles. The lowest BCUT2D eigenvalue weighted by molar-refractivity contribution is -0.139. The van der Waals surface area contributed by atoms with E-state index in [1.54, 1.807) is 62.5 Å². The number of amidine groups is 6. The molecule has 59 heavy (non-hydrogen) atoms. The molecule has 0 amide bonds. The largest absolute Gasteiger partial charge is 0.508 e. The van der Waals surface area contributed by atoms with Crippen LogP contribution in [-0.4, -0.2) is 86.1 Å². The van der Waals surface area contributed by atoms with Gasteiger partial charge in [-0.3, -0.25) is 28.8 Å². The minimum absolute atomic E-state index is 0.000269. The summed E-state index contributed by atoms with van der Waals surface area (Å²) in [5, 5.41) is 22.0. The first kappa shape index (κ1) is 37.3. The van der Waals surface area contributed by atoms with E-state index in [0.717, 1.165) is 0 Å². The van der Waals surface area contributed by atoms with E-state index in [4.69, 9.17) is 30.0 Å². The predicted molar refractivity (Wildman–Crippen MR) is 217 cm³/mol. The van der Waals surface area contributed by atoms with Gasteiger partial charge in [-0.1, -0.05) is 70.7 Å². The minimum Gasteiger partial charge on any atom is -0.508 e. The van der Waals surface area contributed by atoms with Gasteiger partial charge in [0.1, 0.15) is 5.76 Å². The van der Waals surface area contributed by atoms with Gasteiger partial charge in [-0.15, -0.1) is 0 Å². The minimum atomic E-state index is -1.14. The smallest absolute Gasteiger partial charge is 0.210 e. The van der Waals surface area contributed by atoms with Crippen LogP contribution in [0.15, 0.2) is 152 Å². The van der Waals surface area contributed by atoms with E-state index in [1.165, 1.54) is 6.08 Å². The maximum Gasteiger partial charge on any atom is 0.210 e. The second kappa shape index (κ2) is 13.4. The van der Waals surface area contributed by atoms with E-state index in [1.807, 2.05) is 13.8 Å². The summed E-state index contributed by atoms with van der Waals surface area (Å²) in [6.45, 7) is 11.1. The highest BCUT2D eigenvalue weighted by atomic mass is 16.3. The maximum absolute atomic E-state index is 13.5. The number of aldehydes is 1. The molecule has 6 atom stereocenters. The highest BCUT2D eigenvalue weighted by Crippen LogP contribution is 2.45. The third-order valence-electron chi connectivity index (χ3n) is 11.4. The van der Waals surface area contributed by atoms with Crippen molar-refractivity contribution >= 4 is 75.9 Å².